The minimum atomic E-state index is 0.0526. The predicted octanol–water partition coefficient (Wildman–Crippen LogP) is 2.10. The molecule has 1 saturated heterocycles. The van der Waals surface area contributed by atoms with E-state index in [9.17, 15) is 0 Å². The molecule has 1 atom stereocenters. The Labute approximate surface area is 96.1 Å². The minimum absolute atomic E-state index is 0.0526. The number of piperidine rings is 1. The molecule has 1 aromatic heterocycles. The van der Waals surface area contributed by atoms with Crippen LogP contribution >= 0.6 is 11.3 Å². The number of likely N-dealkylation sites (tertiary alicyclic amines) is 1. The largest absolute Gasteiger partial charge is 0.324 e. The normalized spacial score (nSPS) is 28.1. The number of likely N-dealkylation sites (N-methyl/N-ethyl adjacent to an activating group) is 1. The van der Waals surface area contributed by atoms with Crippen molar-refractivity contribution in [3.63, 3.8) is 0 Å². The Hall–Kier alpha value is -0.380. The molecule has 15 heavy (non-hydrogen) atoms. The third-order valence-electron chi connectivity index (χ3n) is 3.25. The van der Waals surface area contributed by atoms with Crippen LogP contribution in [0.4, 0.5) is 0 Å². The molecule has 0 saturated carbocycles. The molecule has 1 unspecified atom stereocenters. The summed E-state index contributed by atoms with van der Waals surface area (Å²) in [7, 11) is 2.17. The summed E-state index contributed by atoms with van der Waals surface area (Å²) in [5.41, 5.74) is 6.48. The van der Waals surface area contributed by atoms with Gasteiger partial charge in [0.2, 0.25) is 0 Å². The molecule has 2 N–H and O–H groups in total. The van der Waals surface area contributed by atoms with Gasteiger partial charge in [-0.1, -0.05) is 6.07 Å². The zero-order chi connectivity index (χ0) is 10.7. The summed E-state index contributed by atoms with van der Waals surface area (Å²) in [6.45, 7) is 2.26. The fourth-order valence-electron chi connectivity index (χ4n) is 2.43. The second kappa shape index (κ2) is 4.64. The summed E-state index contributed by atoms with van der Waals surface area (Å²) < 4.78 is 0. The topological polar surface area (TPSA) is 29.3 Å². The van der Waals surface area contributed by atoms with E-state index in [1.807, 2.05) is 11.3 Å². The summed E-state index contributed by atoms with van der Waals surface area (Å²) in [5, 5.41) is 2.14. The Morgan fingerprint density at radius 2 is 2.47 bits per heavy atom. The van der Waals surface area contributed by atoms with Crippen LogP contribution in [0, 0.1) is 0 Å². The van der Waals surface area contributed by atoms with Gasteiger partial charge in [0.15, 0.2) is 0 Å². The molecule has 84 valence electrons. The van der Waals surface area contributed by atoms with E-state index in [4.69, 9.17) is 5.73 Å². The summed E-state index contributed by atoms with van der Waals surface area (Å²) in [5.74, 6) is 0. The van der Waals surface area contributed by atoms with Gasteiger partial charge in [-0.3, -0.25) is 0 Å². The first-order chi connectivity index (χ1) is 7.18. The van der Waals surface area contributed by atoms with Gasteiger partial charge in [-0.25, -0.2) is 0 Å². The number of hydrogen-bond acceptors (Lipinski definition) is 3. The molecule has 2 heterocycles. The second-order valence-corrected chi connectivity index (χ2v) is 5.82. The molecular weight excluding hydrogens is 204 g/mol. The summed E-state index contributed by atoms with van der Waals surface area (Å²) in [6.07, 6.45) is 4.69. The van der Waals surface area contributed by atoms with Gasteiger partial charge >= 0.3 is 0 Å². The molecule has 2 nitrogen and oxygen atoms in total. The van der Waals surface area contributed by atoms with Crippen molar-refractivity contribution in [2.75, 3.05) is 20.1 Å². The molecule has 0 spiro atoms. The van der Waals surface area contributed by atoms with Crippen LogP contribution in [0.15, 0.2) is 17.5 Å². The van der Waals surface area contributed by atoms with Gasteiger partial charge in [-0.2, -0.15) is 0 Å². The van der Waals surface area contributed by atoms with E-state index in [1.54, 1.807) is 0 Å². The molecule has 0 radical (unpaired) electrons. The van der Waals surface area contributed by atoms with Gasteiger partial charge in [0, 0.05) is 17.0 Å². The predicted molar refractivity (Wildman–Crippen MR) is 66.3 cm³/mol. The maximum Gasteiger partial charge on any atom is 0.0287 e. The summed E-state index contributed by atoms with van der Waals surface area (Å²) >= 11 is 1.84. The lowest BCUT2D eigenvalue weighted by Crippen LogP contribution is -2.53. The number of nitrogens with zero attached hydrogens (tertiary/aromatic N) is 1. The van der Waals surface area contributed by atoms with Gasteiger partial charge in [0.25, 0.3) is 0 Å². The van der Waals surface area contributed by atoms with Crippen molar-refractivity contribution in [3.05, 3.63) is 22.4 Å². The van der Waals surface area contributed by atoms with Gasteiger partial charge in [0.05, 0.1) is 0 Å². The quantitative estimate of drug-likeness (QED) is 0.852. The fourth-order valence-corrected chi connectivity index (χ4v) is 3.14. The van der Waals surface area contributed by atoms with E-state index < -0.39 is 0 Å². The lowest BCUT2D eigenvalue weighted by atomic mass is 9.86. The molecule has 1 aliphatic rings. The summed E-state index contributed by atoms with van der Waals surface area (Å²) in [4.78, 5) is 3.82. The highest BCUT2D eigenvalue weighted by Gasteiger charge is 2.29. The SMILES string of the molecule is CN1CCCC(N)(CCc2cccs2)C1. The van der Waals surface area contributed by atoms with E-state index in [0.717, 1.165) is 19.4 Å². The maximum atomic E-state index is 6.43. The molecule has 2 rings (SSSR count). The van der Waals surface area contributed by atoms with Crippen LogP contribution in [0.3, 0.4) is 0 Å². The van der Waals surface area contributed by atoms with Crippen molar-refractivity contribution in [1.29, 1.82) is 0 Å². The van der Waals surface area contributed by atoms with Crippen molar-refractivity contribution < 1.29 is 0 Å². The highest BCUT2D eigenvalue weighted by Crippen LogP contribution is 2.24. The van der Waals surface area contributed by atoms with Gasteiger partial charge in [-0.15, -0.1) is 11.3 Å². The standard InChI is InChI=1S/C12H20N2S/c1-14-8-3-6-12(13,10-14)7-5-11-4-2-9-15-11/h2,4,9H,3,5-8,10,13H2,1H3. The number of hydrogen-bond donors (Lipinski definition) is 1. The van der Waals surface area contributed by atoms with Crippen LogP contribution in [0.2, 0.25) is 0 Å². The van der Waals surface area contributed by atoms with Crippen molar-refractivity contribution in [3.8, 4) is 0 Å². The number of rotatable bonds is 3. The molecule has 0 aromatic carbocycles. The fraction of sp³-hybridized carbons (Fsp3) is 0.667. The molecule has 1 fully saturated rings. The molecule has 0 bridgehead atoms. The molecule has 0 amide bonds. The molecule has 1 aliphatic heterocycles. The van der Waals surface area contributed by atoms with E-state index >= 15 is 0 Å². The zero-order valence-electron chi connectivity index (χ0n) is 9.41. The van der Waals surface area contributed by atoms with Crippen molar-refractivity contribution >= 4 is 11.3 Å². The third kappa shape index (κ3) is 3.03. The first-order valence-corrected chi connectivity index (χ1v) is 6.56. The van der Waals surface area contributed by atoms with Gasteiger partial charge in [0.1, 0.15) is 0 Å². The average molecular weight is 224 g/mol. The number of aryl methyl sites for hydroxylation is 1. The average Bonchev–Trinajstić information content (AvgIpc) is 2.67. The van der Waals surface area contributed by atoms with E-state index in [0.29, 0.717) is 0 Å². The lowest BCUT2D eigenvalue weighted by molar-refractivity contribution is 0.171. The maximum absolute atomic E-state index is 6.43. The van der Waals surface area contributed by atoms with Gasteiger partial charge < -0.3 is 10.6 Å². The first kappa shape index (κ1) is 11.1. The zero-order valence-corrected chi connectivity index (χ0v) is 10.2. The van der Waals surface area contributed by atoms with Crippen molar-refractivity contribution in [2.45, 2.75) is 31.2 Å². The lowest BCUT2D eigenvalue weighted by Gasteiger charge is -2.38. The summed E-state index contributed by atoms with van der Waals surface area (Å²) in [6, 6.07) is 4.33. The molecule has 3 heteroatoms. The van der Waals surface area contributed by atoms with E-state index in [2.05, 4.69) is 29.5 Å². The third-order valence-corrected chi connectivity index (χ3v) is 4.18. The monoisotopic (exact) mass is 224 g/mol. The Morgan fingerprint density at radius 3 is 3.13 bits per heavy atom. The minimum Gasteiger partial charge on any atom is -0.324 e. The molecule has 1 aromatic rings. The molecule has 0 aliphatic carbocycles. The smallest absolute Gasteiger partial charge is 0.0287 e. The van der Waals surface area contributed by atoms with Crippen LogP contribution in [0.5, 0.6) is 0 Å². The van der Waals surface area contributed by atoms with E-state index in [-0.39, 0.29) is 5.54 Å². The van der Waals surface area contributed by atoms with Crippen LogP contribution in [-0.2, 0) is 6.42 Å². The number of thiophene rings is 1. The Balaban J connectivity index is 1.87. The molecular formula is C12H20N2S. The Morgan fingerprint density at radius 1 is 1.60 bits per heavy atom. The van der Waals surface area contributed by atoms with Crippen LogP contribution < -0.4 is 5.73 Å². The van der Waals surface area contributed by atoms with E-state index in [1.165, 1.54) is 24.3 Å². The van der Waals surface area contributed by atoms with Crippen LogP contribution in [-0.4, -0.2) is 30.6 Å². The highest BCUT2D eigenvalue weighted by molar-refractivity contribution is 7.09. The number of nitrogens with two attached hydrogens (primary N) is 1. The van der Waals surface area contributed by atoms with Crippen molar-refractivity contribution in [1.82, 2.24) is 4.90 Å². The van der Waals surface area contributed by atoms with Gasteiger partial charge in [-0.05, 0) is 50.7 Å². The Kier molecular flexibility index (Phi) is 3.44. The first-order valence-electron chi connectivity index (χ1n) is 5.68. The second-order valence-electron chi connectivity index (χ2n) is 4.78. The van der Waals surface area contributed by atoms with Crippen LogP contribution in [0.1, 0.15) is 24.1 Å². The Bertz CT molecular complexity index is 297. The van der Waals surface area contributed by atoms with Crippen molar-refractivity contribution in [2.24, 2.45) is 5.73 Å². The highest BCUT2D eigenvalue weighted by atomic mass is 32.1. The van der Waals surface area contributed by atoms with Crippen LogP contribution in [0.25, 0.3) is 0 Å².